The SMILES string of the molecule is CC1CCC([C@H](N)C(=O)Nc2ccc([C@H](C)[C@@H](NC(=O)OC(C)(C)C)C(=O)N3CCN(C)CC3)cc2F)CC1. The Kier molecular flexibility index (Phi) is 10.3. The standard InChI is InChI=1S/C29H46FN5O4/c1-18-7-9-20(10-8-18)24(31)26(36)32-23-12-11-21(17-22(23)30)19(2)25(33-28(38)39-29(3,4)5)27(37)35-15-13-34(6)14-16-35/h11-12,17-20,24-25H,7-10,13-16,31H2,1-6H3,(H,32,36)(H,33,38)/t18?,19-,20?,24-,25+/m0/s1. The summed E-state index contributed by atoms with van der Waals surface area (Å²) in [5.74, 6) is -1.10. The van der Waals surface area contributed by atoms with E-state index in [1.807, 2.05) is 7.05 Å². The van der Waals surface area contributed by atoms with Gasteiger partial charge in [0.2, 0.25) is 11.8 Å². The highest BCUT2D eigenvalue weighted by Crippen LogP contribution is 2.31. The molecule has 4 N–H and O–H groups in total. The van der Waals surface area contributed by atoms with Gasteiger partial charge >= 0.3 is 6.09 Å². The van der Waals surface area contributed by atoms with Crippen molar-refractivity contribution in [2.24, 2.45) is 17.6 Å². The zero-order valence-corrected chi connectivity index (χ0v) is 24.3. The average Bonchev–Trinajstić information content (AvgIpc) is 2.87. The molecule has 3 rings (SSSR count). The van der Waals surface area contributed by atoms with Gasteiger partial charge in [-0.25, -0.2) is 9.18 Å². The molecule has 0 unspecified atom stereocenters. The number of nitrogens with zero attached hydrogens (tertiary/aromatic N) is 2. The number of hydrogen-bond donors (Lipinski definition) is 3. The van der Waals surface area contributed by atoms with Crippen LogP contribution in [0.2, 0.25) is 0 Å². The zero-order chi connectivity index (χ0) is 28.9. The molecule has 2 fully saturated rings. The minimum absolute atomic E-state index is 0.0395. The van der Waals surface area contributed by atoms with Gasteiger partial charge < -0.3 is 30.9 Å². The number of amides is 3. The van der Waals surface area contributed by atoms with Crippen LogP contribution in [0, 0.1) is 17.7 Å². The summed E-state index contributed by atoms with van der Waals surface area (Å²) >= 11 is 0. The Morgan fingerprint density at radius 1 is 1.08 bits per heavy atom. The largest absolute Gasteiger partial charge is 0.444 e. The second kappa shape index (κ2) is 13.1. The lowest BCUT2D eigenvalue weighted by molar-refractivity contribution is -0.135. The molecule has 0 radical (unpaired) electrons. The van der Waals surface area contributed by atoms with Gasteiger partial charge in [0.25, 0.3) is 0 Å². The maximum Gasteiger partial charge on any atom is 0.408 e. The molecule has 3 amide bonds. The number of alkyl carbamates (subject to hydrolysis) is 1. The third kappa shape index (κ3) is 8.63. The highest BCUT2D eigenvalue weighted by atomic mass is 19.1. The van der Waals surface area contributed by atoms with E-state index in [1.165, 1.54) is 12.1 Å². The van der Waals surface area contributed by atoms with Gasteiger partial charge in [0.1, 0.15) is 17.5 Å². The molecule has 1 aliphatic carbocycles. The van der Waals surface area contributed by atoms with E-state index in [9.17, 15) is 14.4 Å². The summed E-state index contributed by atoms with van der Waals surface area (Å²) in [4.78, 5) is 42.8. The minimum atomic E-state index is -0.954. The Bertz CT molecular complexity index is 1010. The van der Waals surface area contributed by atoms with Crippen molar-refractivity contribution in [2.45, 2.75) is 83.9 Å². The van der Waals surface area contributed by atoms with Crippen LogP contribution in [0.25, 0.3) is 0 Å². The van der Waals surface area contributed by atoms with E-state index in [0.717, 1.165) is 38.8 Å². The lowest BCUT2D eigenvalue weighted by Gasteiger charge is -2.36. The number of likely N-dealkylation sites (N-methyl/N-ethyl adjacent to an activating group) is 1. The summed E-state index contributed by atoms with van der Waals surface area (Å²) in [5, 5.41) is 5.37. The van der Waals surface area contributed by atoms with Crippen molar-refractivity contribution < 1.29 is 23.5 Å². The van der Waals surface area contributed by atoms with E-state index >= 15 is 4.39 Å². The normalized spacial score (nSPS) is 22.9. The molecule has 3 atom stereocenters. The Hall–Kier alpha value is -2.72. The maximum absolute atomic E-state index is 15.2. The predicted octanol–water partition coefficient (Wildman–Crippen LogP) is 3.69. The molecule has 1 aromatic carbocycles. The summed E-state index contributed by atoms with van der Waals surface area (Å²) in [5.41, 5.74) is 6.04. The zero-order valence-electron chi connectivity index (χ0n) is 24.3. The Morgan fingerprint density at radius 3 is 2.26 bits per heavy atom. The first-order chi connectivity index (χ1) is 18.2. The fourth-order valence-electron chi connectivity index (χ4n) is 5.24. The van der Waals surface area contributed by atoms with Crippen molar-refractivity contribution in [1.82, 2.24) is 15.1 Å². The number of carbonyl (C=O) groups is 3. The number of anilines is 1. The number of hydrogen-bond acceptors (Lipinski definition) is 6. The van der Waals surface area contributed by atoms with Crippen LogP contribution in [-0.4, -0.2) is 78.6 Å². The second-order valence-corrected chi connectivity index (χ2v) is 12.3. The Balaban J connectivity index is 1.74. The van der Waals surface area contributed by atoms with Gasteiger partial charge in [-0.2, -0.15) is 0 Å². The first-order valence-electron chi connectivity index (χ1n) is 14.1. The molecule has 0 aromatic heterocycles. The topological polar surface area (TPSA) is 117 Å². The van der Waals surface area contributed by atoms with Crippen molar-refractivity contribution in [1.29, 1.82) is 0 Å². The van der Waals surface area contributed by atoms with Crippen LogP contribution in [0.1, 0.15) is 71.8 Å². The van der Waals surface area contributed by atoms with Gasteiger partial charge in [0.15, 0.2) is 0 Å². The molecule has 218 valence electrons. The van der Waals surface area contributed by atoms with Crippen molar-refractivity contribution >= 4 is 23.6 Å². The molecule has 9 nitrogen and oxygen atoms in total. The Morgan fingerprint density at radius 2 is 1.69 bits per heavy atom. The van der Waals surface area contributed by atoms with Crippen molar-refractivity contribution in [3.8, 4) is 0 Å². The van der Waals surface area contributed by atoms with E-state index in [-0.39, 0.29) is 17.5 Å². The second-order valence-electron chi connectivity index (χ2n) is 12.3. The van der Waals surface area contributed by atoms with Crippen LogP contribution >= 0.6 is 0 Å². The maximum atomic E-state index is 15.2. The minimum Gasteiger partial charge on any atom is -0.444 e. The fraction of sp³-hybridized carbons (Fsp3) is 0.690. The molecule has 1 aliphatic heterocycles. The quantitative estimate of drug-likeness (QED) is 0.479. The number of halogens is 1. The highest BCUT2D eigenvalue weighted by molar-refractivity contribution is 5.95. The van der Waals surface area contributed by atoms with Crippen LogP contribution < -0.4 is 16.4 Å². The van der Waals surface area contributed by atoms with Crippen molar-refractivity contribution in [2.75, 3.05) is 38.5 Å². The smallest absolute Gasteiger partial charge is 0.408 e. The molecule has 39 heavy (non-hydrogen) atoms. The lowest BCUT2D eigenvalue weighted by Crippen LogP contribution is -2.56. The van der Waals surface area contributed by atoms with Crippen LogP contribution in [0.15, 0.2) is 18.2 Å². The molecular weight excluding hydrogens is 501 g/mol. The summed E-state index contributed by atoms with van der Waals surface area (Å²) in [6.45, 7) is 11.7. The van der Waals surface area contributed by atoms with Crippen molar-refractivity contribution in [3.05, 3.63) is 29.6 Å². The third-order valence-electron chi connectivity index (χ3n) is 7.90. The van der Waals surface area contributed by atoms with Gasteiger partial charge in [-0.05, 0) is 70.2 Å². The number of carbonyl (C=O) groups excluding carboxylic acids is 3. The van der Waals surface area contributed by atoms with Gasteiger partial charge in [-0.15, -0.1) is 0 Å². The van der Waals surface area contributed by atoms with Crippen molar-refractivity contribution in [3.63, 3.8) is 0 Å². The van der Waals surface area contributed by atoms with Gasteiger partial charge in [-0.1, -0.05) is 32.8 Å². The van der Waals surface area contributed by atoms with E-state index in [4.69, 9.17) is 10.5 Å². The fourth-order valence-corrected chi connectivity index (χ4v) is 5.24. The molecule has 0 bridgehead atoms. The number of ether oxygens (including phenoxy) is 1. The van der Waals surface area contributed by atoms with E-state index in [1.54, 1.807) is 38.7 Å². The lowest BCUT2D eigenvalue weighted by atomic mass is 9.79. The summed E-state index contributed by atoms with van der Waals surface area (Å²) in [6, 6.07) is 2.80. The van der Waals surface area contributed by atoms with Gasteiger partial charge in [0.05, 0.1) is 11.7 Å². The van der Waals surface area contributed by atoms with Gasteiger partial charge in [-0.3, -0.25) is 9.59 Å². The molecule has 1 heterocycles. The highest BCUT2D eigenvalue weighted by Gasteiger charge is 2.35. The molecular formula is C29H46FN5O4. The summed E-state index contributed by atoms with van der Waals surface area (Å²) < 4.78 is 20.6. The van der Waals surface area contributed by atoms with Gasteiger partial charge in [0, 0.05) is 32.1 Å². The average molecular weight is 548 g/mol. The number of rotatable bonds is 7. The number of benzene rings is 1. The number of piperazine rings is 1. The van der Waals surface area contributed by atoms with Crippen LogP contribution in [-0.2, 0) is 14.3 Å². The number of nitrogens with two attached hydrogens (primary N) is 1. The molecule has 0 spiro atoms. The van der Waals surface area contributed by atoms with E-state index in [2.05, 4.69) is 22.5 Å². The van der Waals surface area contributed by atoms with Crippen LogP contribution in [0.4, 0.5) is 14.9 Å². The molecule has 1 saturated carbocycles. The first kappa shape index (κ1) is 30.8. The summed E-state index contributed by atoms with van der Waals surface area (Å²) in [6.07, 6.45) is 3.15. The molecule has 1 saturated heterocycles. The van der Waals surface area contributed by atoms with E-state index in [0.29, 0.717) is 24.6 Å². The van der Waals surface area contributed by atoms with Crippen LogP contribution in [0.3, 0.4) is 0 Å². The monoisotopic (exact) mass is 547 g/mol. The predicted molar refractivity (Wildman–Crippen MR) is 150 cm³/mol. The number of nitrogens with one attached hydrogen (secondary N) is 2. The molecule has 1 aromatic rings. The molecule has 2 aliphatic rings. The first-order valence-corrected chi connectivity index (χ1v) is 14.1. The summed E-state index contributed by atoms with van der Waals surface area (Å²) in [7, 11) is 1.99. The Labute approximate surface area is 232 Å². The third-order valence-corrected chi connectivity index (χ3v) is 7.90. The van der Waals surface area contributed by atoms with E-state index < -0.39 is 41.4 Å². The molecule has 10 heteroatoms. The van der Waals surface area contributed by atoms with Crippen LogP contribution in [0.5, 0.6) is 0 Å².